The van der Waals surface area contributed by atoms with E-state index >= 15 is 0 Å². The summed E-state index contributed by atoms with van der Waals surface area (Å²) in [5.41, 5.74) is 2.38. The summed E-state index contributed by atoms with van der Waals surface area (Å²) < 4.78 is 32.4. The molecular formula is C17H16N4O4S. The fourth-order valence-corrected chi connectivity index (χ4v) is 2.80. The van der Waals surface area contributed by atoms with Crippen LogP contribution in [0.3, 0.4) is 0 Å². The Bertz CT molecular complexity index is 1130. The van der Waals surface area contributed by atoms with E-state index in [1.807, 2.05) is 19.1 Å². The van der Waals surface area contributed by atoms with Gasteiger partial charge >= 0.3 is 0 Å². The maximum atomic E-state index is 12.6. The molecule has 1 heterocycles. The average molecular weight is 372 g/mol. The number of hydrogen-bond acceptors (Lipinski definition) is 5. The van der Waals surface area contributed by atoms with Gasteiger partial charge in [-0.05, 0) is 50.2 Å². The molecule has 2 aromatic carbocycles. The van der Waals surface area contributed by atoms with Crippen molar-refractivity contribution in [2.24, 2.45) is 10.2 Å². The molecular weight excluding hydrogens is 356 g/mol. The third-order valence-corrected chi connectivity index (χ3v) is 4.60. The Labute approximate surface area is 149 Å². The van der Waals surface area contributed by atoms with Gasteiger partial charge in [0.1, 0.15) is 0 Å². The first kappa shape index (κ1) is 17.8. The van der Waals surface area contributed by atoms with E-state index in [9.17, 15) is 13.2 Å². The average Bonchev–Trinajstić information content (AvgIpc) is 2.88. The summed E-state index contributed by atoms with van der Waals surface area (Å²) in [5.74, 6) is 0. The Morgan fingerprint density at radius 1 is 0.962 bits per heavy atom. The zero-order valence-corrected chi connectivity index (χ0v) is 14.9. The van der Waals surface area contributed by atoms with Gasteiger partial charge in [0.15, 0.2) is 5.69 Å². The van der Waals surface area contributed by atoms with Crippen molar-refractivity contribution < 1.29 is 13.0 Å². The summed E-state index contributed by atoms with van der Waals surface area (Å²) in [5, 5.41) is 11.0. The van der Waals surface area contributed by atoms with Gasteiger partial charge < -0.3 is 0 Å². The standard InChI is InChI=1S/C17H16N4O4S/c1-11-3-5-13(6-4-11)18-19-16-12(2)20-21(17(16)22)14-7-9-15(10-8-14)26(23,24)25/h3-10,20H,1-2H3,(H,23,24,25). The van der Waals surface area contributed by atoms with E-state index in [0.717, 1.165) is 5.56 Å². The number of rotatable bonds is 4. The normalized spacial score (nSPS) is 12.0. The third-order valence-electron chi connectivity index (χ3n) is 3.73. The van der Waals surface area contributed by atoms with Gasteiger partial charge in [-0.1, -0.05) is 17.7 Å². The lowest BCUT2D eigenvalue weighted by molar-refractivity contribution is 0.483. The smallest absolute Gasteiger partial charge is 0.293 e. The van der Waals surface area contributed by atoms with Gasteiger partial charge in [0.05, 0.1) is 22.0 Å². The maximum absolute atomic E-state index is 12.6. The molecule has 0 saturated carbocycles. The second-order valence-electron chi connectivity index (χ2n) is 5.73. The van der Waals surface area contributed by atoms with Crippen LogP contribution in [0, 0.1) is 13.8 Å². The largest absolute Gasteiger partial charge is 0.299 e. The Balaban J connectivity index is 1.95. The van der Waals surface area contributed by atoms with Crippen LogP contribution in [-0.2, 0) is 10.1 Å². The Morgan fingerprint density at radius 2 is 1.58 bits per heavy atom. The summed E-state index contributed by atoms with van der Waals surface area (Å²) in [6.45, 7) is 3.65. The minimum Gasteiger partial charge on any atom is -0.293 e. The maximum Gasteiger partial charge on any atom is 0.299 e. The zero-order valence-electron chi connectivity index (χ0n) is 14.0. The molecule has 0 atom stereocenters. The van der Waals surface area contributed by atoms with Crippen LogP contribution in [0.1, 0.15) is 11.3 Å². The second-order valence-corrected chi connectivity index (χ2v) is 7.15. The van der Waals surface area contributed by atoms with E-state index in [2.05, 4.69) is 15.3 Å². The molecule has 1 aromatic heterocycles. The lowest BCUT2D eigenvalue weighted by Gasteiger charge is -2.02. The number of aryl methyl sites for hydroxylation is 2. The Kier molecular flexibility index (Phi) is 4.58. The monoisotopic (exact) mass is 372 g/mol. The molecule has 0 bridgehead atoms. The fraction of sp³-hybridized carbons (Fsp3) is 0.118. The molecule has 3 rings (SSSR count). The first-order valence-electron chi connectivity index (χ1n) is 7.63. The molecule has 9 heteroatoms. The highest BCUT2D eigenvalue weighted by Gasteiger charge is 2.14. The molecule has 134 valence electrons. The van der Waals surface area contributed by atoms with Crippen LogP contribution < -0.4 is 5.56 Å². The van der Waals surface area contributed by atoms with Crippen molar-refractivity contribution in [3.63, 3.8) is 0 Å². The molecule has 0 unspecified atom stereocenters. The number of benzene rings is 2. The van der Waals surface area contributed by atoms with Crippen molar-refractivity contribution in [3.05, 3.63) is 70.1 Å². The quantitative estimate of drug-likeness (QED) is 0.539. The summed E-state index contributed by atoms with van der Waals surface area (Å²) in [4.78, 5) is 12.3. The topological polar surface area (TPSA) is 117 Å². The van der Waals surface area contributed by atoms with Crippen molar-refractivity contribution in [1.29, 1.82) is 0 Å². The van der Waals surface area contributed by atoms with Crippen molar-refractivity contribution in [2.45, 2.75) is 18.7 Å². The van der Waals surface area contributed by atoms with E-state index in [4.69, 9.17) is 4.55 Å². The van der Waals surface area contributed by atoms with Gasteiger partial charge in [-0.25, -0.2) is 4.68 Å². The summed E-state index contributed by atoms with van der Waals surface area (Å²) in [6.07, 6.45) is 0. The number of hydrogen-bond donors (Lipinski definition) is 2. The van der Waals surface area contributed by atoms with Crippen LogP contribution in [0.2, 0.25) is 0 Å². The van der Waals surface area contributed by atoms with Gasteiger partial charge in [0, 0.05) is 0 Å². The van der Waals surface area contributed by atoms with Crippen molar-refractivity contribution >= 4 is 21.5 Å². The van der Waals surface area contributed by atoms with Crippen molar-refractivity contribution in [3.8, 4) is 5.69 Å². The summed E-state index contributed by atoms with van der Waals surface area (Å²) in [7, 11) is -4.29. The SMILES string of the molecule is Cc1ccc(N=Nc2c(C)[nH]n(-c3ccc(S(=O)(=O)O)cc3)c2=O)cc1. The number of aromatic amines is 1. The molecule has 0 radical (unpaired) electrons. The van der Waals surface area contributed by atoms with E-state index in [-0.39, 0.29) is 10.6 Å². The van der Waals surface area contributed by atoms with Gasteiger partial charge in [-0.2, -0.15) is 13.5 Å². The van der Waals surface area contributed by atoms with Gasteiger partial charge in [-0.3, -0.25) is 14.4 Å². The summed E-state index contributed by atoms with van der Waals surface area (Å²) >= 11 is 0. The van der Waals surface area contributed by atoms with Crippen LogP contribution in [0.5, 0.6) is 0 Å². The van der Waals surface area contributed by atoms with Crippen LogP contribution in [0.15, 0.2) is 68.4 Å². The highest BCUT2D eigenvalue weighted by atomic mass is 32.2. The van der Waals surface area contributed by atoms with Gasteiger partial charge in [-0.15, -0.1) is 5.11 Å². The molecule has 0 spiro atoms. The molecule has 0 saturated heterocycles. The van der Waals surface area contributed by atoms with Crippen LogP contribution in [0.4, 0.5) is 11.4 Å². The number of azo groups is 1. The van der Waals surface area contributed by atoms with E-state index < -0.39 is 15.7 Å². The Hall–Kier alpha value is -3.04. The highest BCUT2D eigenvalue weighted by molar-refractivity contribution is 7.85. The van der Waals surface area contributed by atoms with E-state index in [1.54, 1.807) is 19.1 Å². The molecule has 0 fully saturated rings. The molecule has 0 amide bonds. The van der Waals surface area contributed by atoms with Crippen LogP contribution >= 0.6 is 0 Å². The molecule has 0 aliphatic carbocycles. The molecule has 0 aliphatic heterocycles. The van der Waals surface area contributed by atoms with Crippen molar-refractivity contribution in [1.82, 2.24) is 9.78 Å². The fourth-order valence-electron chi connectivity index (χ4n) is 2.32. The molecule has 26 heavy (non-hydrogen) atoms. The number of aromatic nitrogens is 2. The third kappa shape index (κ3) is 3.63. The lowest BCUT2D eigenvalue weighted by Crippen LogP contribution is -2.14. The van der Waals surface area contributed by atoms with Gasteiger partial charge in [0.2, 0.25) is 0 Å². The van der Waals surface area contributed by atoms with E-state index in [1.165, 1.54) is 28.9 Å². The summed E-state index contributed by atoms with van der Waals surface area (Å²) in [6, 6.07) is 12.6. The van der Waals surface area contributed by atoms with Gasteiger partial charge in [0.25, 0.3) is 15.7 Å². The number of nitrogens with one attached hydrogen (secondary N) is 1. The zero-order chi connectivity index (χ0) is 18.9. The molecule has 2 N–H and O–H groups in total. The number of nitrogens with zero attached hydrogens (tertiary/aromatic N) is 3. The highest BCUT2D eigenvalue weighted by Crippen LogP contribution is 2.20. The van der Waals surface area contributed by atoms with E-state index in [0.29, 0.717) is 17.1 Å². The first-order valence-corrected chi connectivity index (χ1v) is 9.07. The molecule has 3 aromatic rings. The molecule has 0 aliphatic rings. The molecule has 8 nitrogen and oxygen atoms in total. The van der Waals surface area contributed by atoms with Crippen LogP contribution in [-0.4, -0.2) is 22.8 Å². The minimum absolute atomic E-state index is 0.157. The Morgan fingerprint density at radius 3 is 2.15 bits per heavy atom. The predicted octanol–water partition coefficient (Wildman–Crippen LogP) is 3.44. The van der Waals surface area contributed by atoms with Crippen molar-refractivity contribution in [2.75, 3.05) is 0 Å². The first-order chi connectivity index (χ1) is 12.3. The number of H-pyrrole nitrogens is 1. The second kappa shape index (κ2) is 6.70. The lowest BCUT2D eigenvalue weighted by atomic mass is 10.2. The minimum atomic E-state index is -4.29. The van der Waals surface area contributed by atoms with Crippen LogP contribution in [0.25, 0.3) is 5.69 Å². The predicted molar refractivity (Wildman–Crippen MR) is 96.3 cm³/mol.